The molecule has 0 N–H and O–H groups in total. The fraction of sp³-hybridized carbons (Fsp3) is 0. The standard InChI is InChI=1S/C18H9ClFN3OS2/c19-12-9-11(2-3-13(12)20)23-17(24)16(26-18(23)25)8-10-1-4-14-15(7-10)22-6-5-21-14/h1-9H/b16-8-. The predicted octanol–water partition coefficient (Wildman–Crippen LogP) is 4.83. The summed E-state index contributed by atoms with van der Waals surface area (Å²) < 4.78 is 13.7. The van der Waals surface area contributed by atoms with Gasteiger partial charge in [-0.25, -0.2) is 4.39 Å². The lowest BCUT2D eigenvalue weighted by Crippen LogP contribution is -2.27. The molecule has 1 saturated heterocycles. The van der Waals surface area contributed by atoms with E-state index in [2.05, 4.69) is 9.97 Å². The number of thioether (sulfide) groups is 1. The van der Waals surface area contributed by atoms with Gasteiger partial charge in [-0.15, -0.1) is 0 Å². The third kappa shape index (κ3) is 3.09. The zero-order valence-corrected chi connectivity index (χ0v) is 15.4. The van der Waals surface area contributed by atoms with E-state index in [1.807, 2.05) is 18.2 Å². The van der Waals surface area contributed by atoms with Crippen molar-refractivity contribution in [2.45, 2.75) is 0 Å². The van der Waals surface area contributed by atoms with Crippen molar-refractivity contribution in [3.05, 3.63) is 70.1 Å². The summed E-state index contributed by atoms with van der Waals surface area (Å²) in [5, 5.41) is -0.0615. The number of thiocarbonyl (C=S) groups is 1. The Bertz CT molecular complexity index is 1100. The number of halogens is 2. The van der Waals surface area contributed by atoms with Crippen LogP contribution in [0.25, 0.3) is 17.1 Å². The predicted molar refractivity (Wildman–Crippen MR) is 107 cm³/mol. The average Bonchev–Trinajstić information content (AvgIpc) is 2.91. The first kappa shape index (κ1) is 17.1. The summed E-state index contributed by atoms with van der Waals surface area (Å²) in [4.78, 5) is 23.1. The summed E-state index contributed by atoms with van der Waals surface area (Å²) >= 11 is 12.3. The fourth-order valence-corrected chi connectivity index (χ4v) is 4.01. The SMILES string of the molecule is O=C1/C(=C/c2ccc3nccnc3c2)SC(=S)N1c1ccc(F)c(Cl)c1. The van der Waals surface area contributed by atoms with Crippen LogP contribution < -0.4 is 4.90 Å². The molecule has 0 radical (unpaired) electrons. The molecule has 0 spiro atoms. The van der Waals surface area contributed by atoms with Crippen LogP contribution >= 0.6 is 35.6 Å². The van der Waals surface area contributed by atoms with Gasteiger partial charge in [-0.1, -0.05) is 41.6 Å². The first-order valence-electron chi connectivity index (χ1n) is 7.47. The normalized spacial score (nSPS) is 16.1. The minimum Gasteiger partial charge on any atom is -0.268 e. The number of aromatic nitrogens is 2. The summed E-state index contributed by atoms with van der Waals surface area (Å²) in [6, 6.07) is 9.62. The molecule has 8 heteroatoms. The second kappa shape index (κ2) is 6.75. The van der Waals surface area contributed by atoms with E-state index in [0.717, 1.165) is 16.6 Å². The Morgan fingerprint density at radius 2 is 1.88 bits per heavy atom. The number of rotatable bonds is 2. The maximum atomic E-state index is 13.4. The summed E-state index contributed by atoms with van der Waals surface area (Å²) in [5.74, 6) is -0.824. The average molecular weight is 402 g/mol. The summed E-state index contributed by atoms with van der Waals surface area (Å²) in [7, 11) is 0. The van der Waals surface area contributed by atoms with Crippen molar-refractivity contribution in [1.29, 1.82) is 0 Å². The first-order valence-corrected chi connectivity index (χ1v) is 9.07. The Morgan fingerprint density at radius 1 is 1.12 bits per heavy atom. The van der Waals surface area contributed by atoms with Crippen LogP contribution in [0.2, 0.25) is 5.02 Å². The topological polar surface area (TPSA) is 46.1 Å². The third-order valence-corrected chi connectivity index (χ3v) is 5.34. The number of anilines is 1. The molecule has 0 saturated carbocycles. The zero-order valence-electron chi connectivity index (χ0n) is 13.0. The van der Waals surface area contributed by atoms with Gasteiger partial charge in [-0.3, -0.25) is 19.7 Å². The minimum atomic E-state index is -0.548. The molecule has 4 nitrogen and oxygen atoms in total. The Hall–Kier alpha value is -2.35. The van der Waals surface area contributed by atoms with Gasteiger partial charge in [0.05, 0.1) is 26.6 Å². The van der Waals surface area contributed by atoms with Crippen LogP contribution in [0.5, 0.6) is 0 Å². The van der Waals surface area contributed by atoms with Crippen molar-refractivity contribution in [3.63, 3.8) is 0 Å². The minimum absolute atomic E-state index is 0.0615. The summed E-state index contributed by atoms with van der Waals surface area (Å²) in [6.07, 6.45) is 4.99. The molecule has 1 aromatic heterocycles. The van der Waals surface area contributed by atoms with Crippen molar-refractivity contribution >= 4 is 68.6 Å². The van der Waals surface area contributed by atoms with E-state index in [-0.39, 0.29) is 10.9 Å². The molecule has 0 bridgehead atoms. The van der Waals surface area contributed by atoms with Gasteiger partial charge >= 0.3 is 0 Å². The maximum Gasteiger partial charge on any atom is 0.270 e. The van der Waals surface area contributed by atoms with Crippen LogP contribution in [0.4, 0.5) is 10.1 Å². The molecule has 2 aromatic carbocycles. The molecule has 0 atom stereocenters. The van der Waals surface area contributed by atoms with E-state index in [0.29, 0.717) is 14.9 Å². The highest BCUT2D eigenvalue weighted by Crippen LogP contribution is 2.37. The number of hydrogen-bond acceptors (Lipinski definition) is 5. The fourth-order valence-electron chi connectivity index (χ4n) is 2.54. The van der Waals surface area contributed by atoms with Crippen molar-refractivity contribution in [2.24, 2.45) is 0 Å². The van der Waals surface area contributed by atoms with E-state index >= 15 is 0 Å². The van der Waals surface area contributed by atoms with E-state index < -0.39 is 5.82 Å². The van der Waals surface area contributed by atoms with E-state index in [4.69, 9.17) is 23.8 Å². The smallest absolute Gasteiger partial charge is 0.268 e. The van der Waals surface area contributed by atoms with Gasteiger partial charge in [-0.05, 0) is 42.0 Å². The summed E-state index contributed by atoms with van der Waals surface area (Å²) in [6.45, 7) is 0. The first-order chi connectivity index (χ1) is 12.5. The Morgan fingerprint density at radius 3 is 2.65 bits per heavy atom. The van der Waals surface area contributed by atoms with Crippen LogP contribution in [0, 0.1) is 5.82 Å². The van der Waals surface area contributed by atoms with Crippen molar-refractivity contribution < 1.29 is 9.18 Å². The lowest BCUT2D eigenvalue weighted by molar-refractivity contribution is -0.113. The Kier molecular flexibility index (Phi) is 4.44. The van der Waals surface area contributed by atoms with Gasteiger partial charge in [0.2, 0.25) is 0 Å². The number of benzene rings is 2. The van der Waals surface area contributed by atoms with Gasteiger partial charge in [0.15, 0.2) is 4.32 Å². The molecule has 26 heavy (non-hydrogen) atoms. The quantitative estimate of drug-likeness (QED) is 0.454. The van der Waals surface area contributed by atoms with E-state index in [9.17, 15) is 9.18 Å². The molecule has 1 aliphatic heterocycles. The van der Waals surface area contributed by atoms with Crippen molar-refractivity contribution in [1.82, 2.24) is 9.97 Å². The van der Waals surface area contributed by atoms with Crippen LogP contribution in [0.1, 0.15) is 5.56 Å². The zero-order chi connectivity index (χ0) is 18.3. The molecule has 0 unspecified atom stereocenters. The van der Waals surface area contributed by atoms with Gasteiger partial charge in [0.25, 0.3) is 5.91 Å². The van der Waals surface area contributed by atoms with Gasteiger partial charge in [0, 0.05) is 12.4 Å². The second-order valence-corrected chi connectivity index (χ2v) is 7.50. The molecule has 128 valence electrons. The molecule has 2 heterocycles. The number of carbonyl (C=O) groups excluding carboxylic acids is 1. The molecule has 1 aliphatic rings. The highest BCUT2D eigenvalue weighted by atomic mass is 35.5. The monoisotopic (exact) mass is 401 g/mol. The Balaban J connectivity index is 1.69. The van der Waals surface area contributed by atoms with Crippen LogP contribution in [0.15, 0.2) is 53.7 Å². The number of hydrogen-bond donors (Lipinski definition) is 0. The van der Waals surface area contributed by atoms with Crippen LogP contribution in [-0.2, 0) is 4.79 Å². The van der Waals surface area contributed by atoms with Gasteiger partial charge in [-0.2, -0.15) is 0 Å². The van der Waals surface area contributed by atoms with Gasteiger partial charge < -0.3 is 0 Å². The molecule has 0 aliphatic carbocycles. The molecular weight excluding hydrogens is 393 g/mol. The molecule has 3 aromatic rings. The van der Waals surface area contributed by atoms with E-state index in [1.54, 1.807) is 18.5 Å². The van der Waals surface area contributed by atoms with Crippen LogP contribution in [0.3, 0.4) is 0 Å². The number of carbonyl (C=O) groups is 1. The number of amides is 1. The second-order valence-electron chi connectivity index (χ2n) is 5.42. The summed E-state index contributed by atoms with van der Waals surface area (Å²) in [5.41, 5.74) is 2.77. The lowest BCUT2D eigenvalue weighted by Gasteiger charge is -2.14. The van der Waals surface area contributed by atoms with Crippen molar-refractivity contribution in [2.75, 3.05) is 4.90 Å². The third-order valence-electron chi connectivity index (χ3n) is 3.75. The molecular formula is C18H9ClFN3OS2. The maximum absolute atomic E-state index is 13.4. The highest BCUT2D eigenvalue weighted by Gasteiger charge is 2.33. The van der Waals surface area contributed by atoms with E-state index in [1.165, 1.54) is 34.9 Å². The highest BCUT2D eigenvalue weighted by molar-refractivity contribution is 8.27. The molecule has 1 amide bonds. The van der Waals surface area contributed by atoms with Crippen molar-refractivity contribution in [3.8, 4) is 0 Å². The number of nitrogens with zero attached hydrogens (tertiary/aromatic N) is 3. The Labute approximate surface area is 162 Å². The lowest BCUT2D eigenvalue weighted by atomic mass is 10.1. The van der Waals surface area contributed by atoms with Crippen LogP contribution in [-0.4, -0.2) is 20.2 Å². The molecule has 1 fully saturated rings. The molecule has 4 rings (SSSR count). The largest absolute Gasteiger partial charge is 0.270 e. The number of fused-ring (bicyclic) bond motifs is 1. The van der Waals surface area contributed by atoms with Gasteiger partial charge in [0.1, 0.15) is 5.82 Å².